The van der Waals surface area contributed by atoms with Crippen LogP contribution in [0.25, 0.3) is 0 Å². The first-order valence-corrected chi connectivity index (χ1v) is 11.2. The van der Waals surface area contributed by atoms with Crippen LogP contribution in [0.1, 0.15) is 50.9 Å². The van der Waals surface area contributed by atoms with Gasteiger partial charge >= 0.3 is 0 Å². The van der Waals surface area contributed by atoms with Crippen LogP contribution in [-0.4, -0.2) is 40.0 Å². The minimum atomic E-state index is -0.358. The van der Waals surface area contributed by atoms with Crippen LogP contribution in [0.4, 0.5) is 5.69 Å². The topological polar surface area (TPSA) is 84.4 Å². The zero-order chi connectivity index (χ0) is 21.5. The van der Waals surface area contributed by atoms with Gasteiger partial charge in [-0.15, -0.1) is 10.2 Å². The second kappa shape index (κ2) is 10.2. The molecule has 1 saturated heterocycles. The van der Waals surface area contributed by atoms with Crippen LogP contribution < -0.4 is 10.1 Å². The summed E-state index contributed by atoms with van der Waals surface area (Å²) in [6, 6.07) is 16.4. The van der Waals surface area contributed by atoms with Gasteiger partial charge in [0.25, 0.3) is 11.8 Å². The third kappa shape index (κ3) is 5.67. The van der Waals surface area contributed by atoms with Gasteiger partial charge in [-0.05, 0) is 43.2 Å². The Labute approximate surface area is 185 Å². The average molecular weight is 437 g/mol. The van der Waals surface area contributed by atoms with Crippen LogP contribution in [-0.2, 0) is 6.61 Å². The first-order chi connectivity index (χ1) is 15.2. The largest absolute Gasteiger partial charge is 0.486 e. The number of nitrogens with zero attached hydrogens (tertiary/aromatic N) is 3. The van der Waals surface area contributed by atoms with Crippen LogP contribution in [0.3, 0.4) is 0 Å². The highest BCUT2D eigenvalue weighted by Crippen LogP contribution is 2.19. The van der Waals surface area contributed by atoms with Crippen molar-refractivity contribution in [3.8, 4) is 5.75 Å². The van der Waals surface area contributed by atoms with Crippen molar-refractivity contribution in [2.45, 2.75) is 32.3 Å². The van der Waals surface area contributed by atoms with E-state index in [1.54, 1.807) is 24.3 Å². The molecule has 1 N–H and O–H groups in total. The van der Waals surface area contributed by atoms with Gasteiger partial charge in [0.15, 0.2) is 5.01 Å². The predicted octanol–water partition coefficient (Wildman–Crippen LogP) is 4.39. The summed E-state index contributed by atoms with van der Waals surface area (Å²) in [5, 5.41) is 11.7. The Morgan fingerprint density at radius 2 is 1.74 bits per heavy atom. The smallest absolute Gasteiger partial charge is 0.286 e. The fourth-order valence-electron chi connectivity index (χ4n) is 3.44. The molecule has 2 heterocycles. The van der Waals surface area contributed by atoms with Crippen molar-refractivity contribution >= 4 is 28.8 Å². The van der Waals surface area contributed by atoms with Gasteiger partial charge in [0.1, 0.15) is 12.4 Å². The molecule has 0 unspecified atom stereocenters. The highest BCUT2D eigenvalue weighted by atomic mass is 32.1. The predicted molar refractivity (Wildman–Crippen MR) is 119 cm³/mol. The van der Waals surface area contributed by atoms with E-state index in [0.29, 0.717) is 16.3 Å². The summed E-state index contributed by atoms with van der Waals surface area (Å²) in [5.41, 5.74) is 1.14. The van der Waals surface area contributed by atoms with Gasteiger partial charge < -0.3 is 15.0 Å². The van der Waals surface area contributed by atoms with Crippen molar-refractivity contribution in [3.05, 3.63) is 70.2 Å². The first kappa shape index (κ1) is 21.0. The molecule has 2 amide bonds. The third-order valence-corrected chi connectivity index (χ3v) is 5.92. The van der Waals surface area contributed by atoms with Crippen LogP contribution in [0.15, 0.2) is 54.6 Å². The monoisotopic (exact) mass is 436 g/mol. The lowest BCUT2D eigenvalue weighted by molar-refractivity contribution is 0.0761. The lowest BCUT2D eigenvalue weighted by atomic mass is 10.1. The average Bonchev–Trinajstić information content (AvgIpc) is 3.12. The van der Waals surface area contributed by atoms with Gasteiger partial charge in [-0.2, -0.15) is 0 Å². The Balaban J connectivity index is 1.37. The molecule has 8 heteroatoms. The molecule has 0 saturated carbocycles. The molecule has 0 spiro atoms. The van der Waals surface area contributed by atoms with Gasteiger partial charge in [0.05, 0.1) is 0 Å². The number of amides is 2. The molecule has 7 nitrogen and oxygen atoms in total. The van der Waals surface area contributed by atoms with Crippen molar-refractivity contribution in [1.82, 2.24) is 15.1 Å². The number of nitrogens with one attached hydrogen (secondary N) is 1. The fourth-order valence-corrected chi connectivity index (χ4v) is 4.08. The zero-order valence-electron chi connectivity index (χ0n) is 17.1. The number of rotatable bonds is 6. The van der Waals surface area contributed by atoms with E-state index >= 15 is 0 Å². The van der Waals surface area contributed by atoms with E-state index < -0.39 is 0 Å². The molecule has 0 atom stereocenters. The Bertz CT molecular complexity index is 1030. The van der Waals surface area contributed by atoms with Crippen molar-refractivity contribution in [3.63, 3.8) is 0 Å². The molecule has 160 valence electrons. The van der Waals surface area contributed by atoms with Crippen molar-refractivity contribution < 1.29 is 14.3 Å². The van der Waals surface area contributed by atoms with E-state index in [1.807, 2.05) is 35.2 Å². The molecule has 1 fully saturated rings. The molecular formula is C23H24N4O3S. The van der Waals surface area contributed by atoms with Gasteiger partial charge in [0, 0.05) is 24.3 Å². The number of hydrogen-bond acceptors (Lipinski definition) is 6. The number of hydrogen-bond donors (Lipinski definition) is 1. The van der Waals surface area contributed by atoms with E-state index in [2.05, 4.69) is 15.5 Å². The molecule has 31 heavy (non-hydrogen) atoms. The third-order valence-electron chi connectivity index (χ3n) is 5.03. The Morgan fingerprint density at radius 1 is 0.968 bits per heavy atom. The number of anilines is 1. The van der Waals surface area contributed by atoms with E-state index in [0.717, 1.165) is 31.7 Å². The fraction of sp³-hybridized carbons (Fsp3) is 0.304. The molecule has 4 rings (SSSR count). The SMILES string of the molecule is O=C(Nc1cccc(C(=O)N2CCCCCC2)c1)c1nnc(COc2ccccc2)s1. The molecule has 0 aliphatic carbocycles. The Morgan fingerprint density at radius 3 is 2.52 bits per heavy atom. The summed E-state index contributed by atoms with van der Waals surface area (Å²) >= 11 is 1.18. The van der Waals surface area contributed by atoms with E-state index in [-0.39, 0.29) is 23.4 Å². The van der Waals surface area contributed by atoms with Crippen molar-refractivity contribution in [2.75, 3.05) is 18.4 Å². The van der Waals surface area contributed by atoms with Crippen LogP contribution in [0.2, 0.25) is 0 Å². The Kier molecular flexibility index (Phi) is 6.89. The number of para-hydroxylation sites is 1. The summed E-state index contributed by atoms with van der Waals surface area (Å²) in [6.07, 6.45) is 4.41. The van der Waals surface area contributed by atoms with Gasteiger partial charge in [0.2, 0.25) is 5.01 Å². The number of likely N-dealkylation sites (tertiary alicyclic amines) is 1. The molecule has 1 aliphatic rings. The number of carbonyl (C=O) groups is 2. The van der Waals surface area contributed by atoms with Crippen molar-refractivity contribution in [1.29, 1.82) is 0 Å². The molecule has 1 aromatic heterocycles. The van der Waals surface area contributed by atoms with Gasteiger partial charge in [-0.3, -0.25) is 9.59 Å². The van der Waals surface area contributed by atoms with Crippen LogP contribution in [0.5, 0.6) is 5.75 Å². The highest BCUT2D eigenvalue weighted by molar-refractivity contribution is 7.13. The Hall–Kier alpha value is -3.26. The van der Waals surface area contributed by atoms with E-state index in [4.69, 9.17) is 4.74 Å². The number of benzene rings is 2. The molecular weight excluding hydrogens is 412 g/mol. The standard InChI is InChI=1S/C23H24N4O3S/c28-21(22-26-25-20(31-22)16-30-19-11-4-3-5-12-19)24-18-10-8-9-17(15-18)23(29)27-13-6-1-2-7-14-27/h3-5,8-12,15H,1-2,6-7,13-14,16H2,(H,24,28). The maximum absolute atomic E-state index is 12.8. The quantitative estimate of drug-likeness (QED) is 0.620. The van der Waals surface area contributed by atoms with Crippen LogP contribution >= 0.6 is 11.3 Å². The summed E-state index contributed by atoms with van der Waals surface area (Å²) in [7, 11) is 0. The van der Waals surface area contributed by atoms with Crippen LogP contribution in [0, 0.1) is 0 Å². The lowest BCUT2D eigenvalue weighted by Gasteiger charge is -2.20. The molecule has 0 radical (unpaired) electrons. The molecule has 3 aromatic rings. The molecule has 1 aliphatic heterocycles. The van der Waals surface area contributed by atoms with Gasteiger partial charge in [-0.25, -0.2) is 0 Å². The second-order valence-electron chi connectivity index (χ2n) is 7.34. The maximum atomic E-state index is 12.8. The first-order valence-electron chi connectivity index (χ1n) is 10.4. The second-order valence-corrected chi connectivity index (χ2v) is 8.41. The zero-order valence-corrected chi connectivity index (χ0v) is 17.9. The number of aromatic nitrogens is 2. The summed E-state index contributed by atoms with van der Waals surface area (Å²) < 4.78 is 5.65. The lowest BCUT2D eigenvalue weighted by Crippen LogP contribution is -2.31. The molecule has 2 aromatic carbocycles. The minimum absolute atomic E-state index is 0.00858. The normalized spacial score (nSPS) is 14.0. The van der Waals surface area contributed by atoms with E-state index in [9.17, 15) is 9.59 Å². The maximum Gasteiger partial charge on any atom is 0.286 e. The molecule has 0 bridgehead atoms. The highest BCUT2D eigenvalue weighted by Gasteiger charge is 2.18. The number of ether oxygens (including phenoxy) is 1. The summed E-state index contributed by atoms with van der Waals surface area (Å²) in [4.78, 5) is 27.3. The number of carbonyl (C=O) groups excluding carboxylic acids is 2. The minimum Gasteiger partial charge on any atom is -0.486 e. The summed E-state index contributed by atoms with van der Waals surface area (Å²) in [6.45, 7) is 1.82. The van der Waals surface area contributed by atoms with Gasteiger partial charge in [-0.1, -0.05) is 48.4 Å². The van der Waals surface area contributed by atoms with E-state index in [1.165, 1.54) is 24.2 Å². The summed E-state index contributed by atoms with van der Waals surface area (Å²) in [5.74, 6) is 0.381. The van der Waals surface area contributed by atoms with Crippen molar-refractivity contribution in [2.24, 2.45) is 0 Å².